The van der Waals surface area contributed by atoms with Crippen LogP contribution in [0.3, 0.4) is 0 Å². The van der Waals surface area contributed by atoms with E-state index in [1.165, 1.54) is 13.2 Å². The average molecular weight is 225 g/mol. The highest BCUT2D eigenvalue weighted by molar-refractivity contribution is 5.29. The van der Waals surface area contributed by atoms with Crippen molar-refractivity contribution in [3.8, 4) is 5.75 Å². The van der Waals surface area contributed by atoms with Crippen molar-refractivity contribution >= 4 is 0 Å². The largest absolute Gasteiger partial charge is 0.494 e. The average Bonchev–Trinajstić information content (AvgIpc) is 3.07. The summed E-state index contributed by atoms with van der Waals surface area (Å²) < 4.78 is 18.2. The van der Waals surface area contributed by atoms with Crippen molar-refractivity contribution in [2.75, 3.05) is 13.7 Å². The minimum Gasteiger partial charge on any atom is -0.494 e. The molecule has 1 aliphatic rings. The van der Waals surface area contributed by atoms with Crippen LogP contribution in [0.1, 0.15) is 18.4 Å². The first-order valence-electron chi connectivity index (χ1n) is 5.37. The molecule has 88 valence electrons. The number of nitrogens with one attached hydrogen (secondary N) is 1. The minimum absolute atomic E-state index is 0.115. The summed E-state index contributed by atoms with van der Waals surface area (Å²) in [6.07, 6.45) is 1.98. The van der Waals surface area contributed by atoms with Gasteiger partial charge in [0.2, 0.25) is 0 Å². The summed E-state index contributed by atoms with van der Waals surface area (Å²) in [5, 5.41) is 12.4. The van der Waals surface area contributed by atoms with Gasteiger partial charge in [0.25, 0.3) is 0 Å². The second-order valence-electron chi connectivity index (χ2n) is 4.26. The molecule has 0 radical (unpaired) electrons. The van der Waals surface area contributed by atoms with E-state index in [1.807, 2.05) is 6.07 Å². The molecule has 2 rings (SSSR count). The first kappa shape index (κ1) is 11.4. The van der Waals surface area contributed by atoms with Crippen molar-refractivity contribution in [3.63, 3.8) is 0 Å². The van der Waals surface area contributed by atoms with E-state index in [1.54, 1.807) is 6.07 Å². The van der Waals surface area contributed by atoms with Gasteiger partial charge < -0.3 is 15.2 Å². The summed E-state index contributed by atoms with van der Waals surface area (Å²) in [5.41, 5.74) is 0.745. The number of methoxy groups -OCH3 is 1. The van der Waals surface area contributed by atoms with Gasteiger partial charge in [0, 0.05) is 12.1 Å². The Morgan fingerprint density at radius 1 is 1.50 bits per heavy atom. The predicted molar refractivity (Wildman–Crippen MR) is 58.8 cm³/mol. The second-order valence-corrected chi connectivity index (χ2v) is 4.26. The number of hydrogen-bond donors (Lipinski definition) is 2. The molecule has 0 amide bonds. The summed E-state index contributed by atoms with van der Waals surface area (Å²) in [7, 11) is 1.45. The Labute approximate surface area is 94.2 Å². The number of halogens is 1. The summed E-state index contributed by atoms with van der Waals surface area (Å²) in [5.74, 6) is -0.0947. The molecule has 0 heterocycles. The Bertz CT molecular complexity index is 377. The van der Waals surface area contributed by atoms with Crippen molar-refractivity contribution < 1.29 is 14.2 Å². The fraction of sp³-hybridized carbons (Fsp3) is 0.500. The third-order valence-electron chi connectivity index (χ3n) is 3.04. The van der Waals surface area contributed by atoms with Gasteiger partial charge in [-0.3, -0.25) is 0 Å². The van der Waals surface area contributed by atoms with Gasteiger partial charge in [-0.25, -0.2) is 4.39 Å². The molecule has 1 aliphatic carbocycles. The second kappa shape index (κ2) is 4.39. The number of aliphatic hydroxyl groups is 1. The molecular weight excluding hydrogens is 209 g/mol. The predicted octanol–water partition coefficient (Wildman–Crippen LogP) is 1.45. The number of ether oxygens (including phenoxy) is 1. The van der Waals surface area contributed by atoms with E-state index in [-0.39, 0.29) is 23.7 Å². The van der Waals surface area contributed by atoms with Gasteiger partial charge in [-0.1, -0.05) is 6.07 Å². The highest BCUT2D eigenvalue weighted by Gasteiger charge is 2.41. The maximum Gasteiger partial charge on any atom is 0.165 e. The van der Waals surface area contributed by atoms with Crippen molar-refractivity contribution in [2.24, 2.45) is 0 Å². The van der Waals surface area contributed by atoms with Crippen LogP contribution < -0.4 is 10.1 Å². The monoisotopic (exact) mass is 225 g/mol. The summed E-state index contributed by atoms with van der Waals surface area (Å²) in [4.78, 5) is 0. The van der Waals surface area contributed by atoms with Crippen molar-refractivity contribution in [1.82, 2.24) is 5.32 Å². The van der Waals surface area contributed by atoms with E-state index >= 15 is 0 Å². The molecule has 0 spiro atoms. The first-order chi connectivity index (χ1) is 7.69. The SMILES string of the molecule is COc1ccc(CNC2(CO)CC2)cc1F. The smallest absolute Gasteiger partial charge is 0.165 e. The lowest BCUT2D eigenvalue weighted by atomic mass is 10.2. The Hall–Kier alpha value is -1.13. The Morgan fingerprint density at radius 2 is 2.25 bits per heavy atom. The lowest BCUT2D eigenvalue weighted by molar-refractivity contribution is 0.229. The lowest BCUT2D eigenvalue weighted by Crippen LogP contribution is -2.34. The normalized spacial score (nSPS) is 17.2. The topological polar surface area (TPSA) is 41.5 Å². The number of aliphatic hydroxyl groups excluding tert-OH is 1. The van der Waals surface area contributed by atoms with Crippen LogP contribution in [-0.4, -0.2) is 24.4 Å². The molecular formula is C12H16FNO2. The van der Waals surface area contributed by atoms with Crippen LogP contribution in [-0.2, 0) is 6.54 Å². The molecule has 0 aliphatic heterocycles. The Kier molecular flexibility index (Phi) is 3.12. The van der Waals surface area contributed by atoms with Crippen LogP contribution >= 0.6 is 0 Å². The van der Waals surface area contributed by atoms with E-state index in [2.05, 4.69) is 5.32 Å². The zero-order chi connectivity index (χ0) is 11.6. The zero-order valence-electron chi connectivity index (χ0n) is 9.29. The van der Waals surface area contributed by atoms with Gasteiger partial charge in [-0.2, -0.15) is 0 Å². The maximum atomic E-state index is 13.4. The van der Waals surface area contributed by atoms with Crippen molar-refractivity contribution in [2.45, 2.75) is 24.9 Å². The molecule has 0 saturated heterocycles. The third kappa shape index (κ3) is 2.33. The fourth-order valence-corrected chi connectivity index (χ4v) is 1.65. The summed E-state index contributed by atoms with van der Waals surface area (Å²) in [6, 6.07) is 4.90. The van der Waals surface area contributed by atoms with E-state index in [9.17, 15) is 4.39 Å². The third-order valence-corrected chi connectivity index (χ3v) is 3.04. The van der Waals surface area contributed by atoms with Crippen LogP contribution in [0, 0.1) is 5.82 Å². The van der Waals surface area contributed by atoms with Crippen LogP contribution in [0.4, 0.5) is 4.39 Å². The van der Waals surface area contributed by atoms with E-state index in [0.717, 1.165) is 18.4 Å². The van der Waals surface area contributed by atoms with E-state index in [4.69, 9.17) is 9.84 Å². The van der Waals surface area contributed by atoms with Crippen molar-refractivity contribution in [3.05, 3.63) is 29.6 Å². The van der Waals surface area contributed by atoms with Crippen LogP contribution in [0.5, 0.6) is 5.75 Å². The molecule has 3 nitrogen and oxygen atoms in total. The highest BCUT2D eigenvalue weighted by Crippen LogP contribution is 2.34. The Morgan fingerprint density at radius 3 is 2.75 bits per heavy atom. The van der Waals surface area contributed by atoms with E-state index < -0.39 is 0 Å². The van der Waals surface area contributed by atoms with Gasteiger partial charge in [0.1, 0.15) is 0 Å². The zero-order valence-corrected chi connectivity index (χ0v) is 9.29. The van der Waals surface area contributed by atoms with Gasteiger partial charge in [-0.05, 0) is 30.5 Å². The summed E-state index contributed by atoms with van der Waals surface area (Å²) >= 11 is 0. The quantitative estimate of drug-likeness (QED) is 0.797. The van der Waals surface area contributed by atoms with Gasteiger partial charge in [-0.15, -0.1) is 0 Å². The molecule has 0 atom stereocenters. The maximum absolute atomic E-state index is 13.4. The van der Waals surface area contributed by atoms with Crippen LogP contribution in [0.25, 0.3) is 0 Å². The highest BCUT2D eigenvalue weighted by atomic mass is 19.1. The molecule has 1 fully saturated rings. The fourth-order valence-electron chi connectivity index (χ4n) is 1.65. The molecule has 4 heteroatoms. The van der Waals surface area contributed by atoms with Crippen LogP contribution in [0.2, 0.25) is 0 Å². The minimum atomic E-state index is -0.351. The number of benzene rings is 1. The standard InChI is InChI=1S/C12H16FNO2/c1-16-11-3-2-9(6-10(11)13)7-14-12(8-15)4-5-12/h2-3,6,14-15H,4-5,7-8H2,1H3. The number of rotatable bonds is 5. The molecule has 1 saturated carbocycles. The molecule has 2 N–H and O–H groups in total. The van der Waals surface area contributed by atoms with Gasteiger partial charge in [0.15, 0.2) is 11.6 Å². The van der Waals surface area contributed by atoms with Gasteiger partial charge >= 0.3 is 0 Å². The lowest BCUT2D eigenvalue weighted by Gasteiger charge is -2.14. The molecule has 1 aromatic carbocycles. The van der Waals surface area contributed by atoms with Gasteiger partial charge in [0.05, 0.1) is 13.7 Å². The van der Waals surface area contributed by atoms with Crippen LogP contribution in [0.15, 0.2) is 18.2 Å². The molecule has 16 heavy (non-hydrogen) atoms. The van der Waals surface area contributed by atoms with E-state index in [0.29, 0.717) is 6.54 Å². The number of hydrogen-bond acceptors (Lipinski definition) is 3. The molecule has 0 bridgehead atoms. The Balaban J connectivity index is 1.97. The molecule has 1 aromatic rings. The molecule has 0 aromatic heterocycles. The van der Waals surface area contributed by atoms with Crippen molar-refractivity contribution in [1.29, 1.82) is 0 Å². The molecule has 0 unspecified atom stereocenters. The first-order valence-corrected chi connectivity index (χ1v) is 5.37. The summed E-state index contributed by atoms with van der Waals surface area (Å²) in [6.45, 7) is 0.715.